The predicted octanol–water partition coefficient (Wildman–Crippen LogP) is 2.11. The van der Waals surface area contributed by atoms with Crippen LogP contribution in [-0.2, 0) is 4.79 Å². The largest absolute Gasteiger partial charge is 0.493 e. The van der Waals surface area contributed by atoms with Crippen molar-refractivity contribution in [1.82, 2.24) is 5.32 Å². The van der Waals surface area contributed by atoms with Crippen molar-refractivity contribution in [2.75, 3.05) is 6.61 Å². The summed E-state index contributed by atoms with van der Waals surface area (Å²) in [6.07, 6.45) is 2.43. The number of hydrogen-bond acceptors (Lipinski definition) is 3. The summed E-state index contributed by atoms with van der Waals surface area (Å²) >= 11 is 0. The maximum Gasteiger partial charge on any atom is 0.320 e. The molecule has 1 aromatic rings. The van der Waals surface area contributed by atoms with Gasteiger partial charge >= 0.3 is 5.97 Å². The molecule has 0 heterocycles. The van der Waals surface area contributed by atoms with Crippen LogP contribution in [-0.4, -0.2) is 29.8 Å². The molecule has 1 atom stereocenters. The van der Waals surface area contributed by atoms with E-state index in [9.17, 15) is 9.18 Å². The van der Waals surface area contributed by atoms with Crippen LogP contribution in [0.5, 0.6) is 5.75 Å². The topological polar surface area (TPSA) is 58.6 Å². The number of rotatable bonds is 7. The zero-order chi connectivity index (χ0) is 13.8. The summed E-state index contributed by atoms with van der Waals surface area (Å²) in [5.41, 5.74) is 0.561. The van der Waals surface area contributed by atoms with E-state index in [-0.39, 0.29) is 12.4 Å². The lowest BCUT2D eigenvalue weighted by Gasteiger charge is -2.14. The van der Waals surface area contributed by atoms with E-state index in [0.717, 1.165) is 12.8 Å². The fourth-order valence-corrected chi connectivity index (χ4v) is 1.77. The Bertz CT molecular complexity index is 460. The van der Waals surface area contributed by atoms with E-state index < -0.39 is 12.0 Å². The van der Waals surface area contributed by atoms with Gasteiger partial charge in [-0.15, -0.1) is 0 Å². The summed E-state index contributed by atoms with van der Waals surface area (Å²) in [6, 6.07) is 4.38. The first kappa shape index (κ1) is 13.8. The average Bonchev–Trinajstić information content (AvgIpc) is 3.16. The molecule has 2 rings (SSSR count). The van der Waals surface area contributed by atoms with Gasteiger partial charge < -0.3 is 15.2 Å². The molecule has 1 aromatic carbocycles. The van der Waals surface area contributed by atoms with Gasteiger partial charge in [-0.3, -0.25) is 4.79 Å². The van der Waals surface area contributed by atoms with Gasteiger partial charge in [-0.1, -0.05) is 6.07 Å². The highest BCUT2D eigenvalue weighted by atomic mass is 19.1. The third kappa shape index (κ3) is 4.21. The lowest BCUT2D eigenvalue weighted by molar-refractivity contribution is -0.139. The quantitative estimate of drug-likeness (QED) is 0.794. The number of ether oxygens (including phenoxy) is 1. The highest BCUT2D eigenvalue weighted by Crippen LogP contribution is 2.20. The SMILES string of the molecule is Cc1ccc(OCCC(NC2CC2)C(=O)O)cc1F. The van der Waals surface area contributed by atoms with Crippen molar-refractivity contribution in [3.05, 3.63) is 29.6 Å². The van der Waals surface area contributed by atoms with Crippen LogP contribution in [0.3, 0.4) is 0 Å². The fraction of sp³-hybridized carbons (Fsp3) is 0.500. The van der Waals surface area contributed by atoms with Crippen LogP contribution in [0.2, 0.25) is 0 Å². The Kier molecular flexibility index (Phi) is 4.37. The first-order valence-corrected chi connectivity index (χ1v) is 6.44. The summed E-state index contributed by atoms with van der Waals surface area (Å²) in [5.74, 6) is -0.757. The number of carboxylic acids is 1. The molecular weight excluding hydrogens is 249 g/mol. The second-order valence-corrected chi connectivity index (χ2v) is 4.88. The summed E-state index contributed by atoms with van der Waals surface area (Å²) < 4.78 is 18.7. The van der Waals surface area contributed by atoms with Crippen LogP contribution in [0, 0.1) is 12.7 Å². The van der Waals surface area contributed by atoms with Crippen molar-refractivity contribution in [1.29, 1.82) is 0 Å². The van der Waals surface area contributed by atoms with E-state index in [2.05, 4.69) is 5.32 Å². The number of benzene rings is 1. The van der Waals surface area contributed by atoms with Gasteiger partial charge in [0, 0.05) is 18.5 Å². The predicted molar refractivity (Wildman–Crippen MR) is 68.8 cm³/mol. The van der Waals surface area contributed by atoms with E-state index >= 15 is 0 Å². The fourth-order valence-electron chi connectivity index (χ4n) is 1.77. The zero-order valence-corrected chi connectivity index (χ0v) is 10.9. The molecule has 104 valence electrons. The molecule has 1 aliphatic rings. The molecule has 0 bridgehead atoms. The van der Waals surface area contributed by atoms with Gasteiger partial charge in [0.15, 0.2) is 0 Å². The Morgan fingerprint density at radius 3 is 2.89 bits per heavy atom. The van der Waals surface area contributed by atoms with Gasteiger partial charge in [-0.25, -0.2) is 4.39 Å². The summed E-state index contributed by atoms with van der Waals surface area (Å²) in [5, 5.41) is 12.1. The molecule has 2 N–H and O–H groups in total. The monoisotopic (exact) mass is 267 g/mol. The van der Waals surface area contributed by atoms with Gasteiger partial charge in [0.05, 0.1) is 6.61 Å². The van der Waals surface area contributed by atoms with E-state index in [1.54, 1.807) is 19.1 Å². The van der Waals surface area contributed by atoms with Crippen molar-refractivity contribution in [3.63, 3.8) is 0 Å². The number of aliphatic carboxylic acids is 1. The number of halogens is 1. The maximum atomic E-state index is 13.3. The molecular formula is C14H18FNO3. The minimum atomic E-state index is -0.870. The third-order valence-electron chi connectivity index (χ3n) is 3.13. The van der Waals surface area contributed by atoms with E-state index in [1.807, 2.05) is 0 Å². The molecule has 0 saturated heterocycles. The van der Waals surface area contributed by atoms with Crippen LogP contribution < -0.4 is 10.1 Å². The molecule has 19 heavy (non-hydrogen) atoms. The van der Waals surface area contributed by atoms with Crippen LogP contribution in [0.1, 0.15) is 24.8 Å². The van der Waals surface area contributed by atoms with Crippen molar-refractivity contribution >= 4 is 5.97 Å². The number of hydrogen-bond donors (Lipinski definition) is 2. The normalized spacial score (nSPS) is 16.1. The van der Waals surface area contributed by atoms with Gasteiger partial charge in [0.2, 0.25) is 0 Å². The number of nitrogens with one attached hydrogen (secondary N) is 1. The molecule has 0 aliphatic heterocycles. The highest BCUT2D eigenvalue weighted by Gasteiger charge is 2.27. The Morgan fingerprint density at radius 1 is 1.58 bits per heavy atom. The molecule has 0 spiro atoms. The van der Waals surface area contributed by atoms with E-state index in [0.29, 0.717) is 23.8 Å². The number of carbonyl (C=O) groups is 1. The standard InChI is InChI=1S/C14H18FNO3/c1-9-2-5-11(8-12(9)15)19-7-6-13(14(17)18)16-10-3-4-10/h2,5,8,10,13,16H,3-4,6-7H2,1H3,(H,17,18). The molecule has 0 amide bonds. The second-order valence-electron chi connectivity index (χ2n) is 4.88. The number of carboxylic acid groups (broad SMARTS) is 1. The van der Waals surface area contributed by atoms with E-state index in [4.69, 9.17) is 9.84 Å². The molecule has 1 aliphatic carbocycles. The summed E-state index contributed by atoms with van der Waals surface area (Å²) in [6.45, 7) is 1.93. The minimum Gasteiger partial charge on any atom is -0.493 e. The average molecular weight is 267 g/mol. The summed E-state index contributed by atoms with van der Waals surface area (Å²) in [4.78, 5) is 11.0. The molecule has 0 aromatic heterocycles. The zero-order valence-electron chi connectivity index (χ0n) is 10.9. The van der Waals surface area contributed by atoms with Gasteiger partial charge in [-0.2, -0.15) is 0 Å². The number of aryl methyl sites for hydroxylation is 1. The first-order chi connectivity index (χ1) is 9.06. The molecule has 4 nitrogen and oxygen atoms in total. The molecule has 1 saturated carbocycles. The van der Waals surface area contributed by atoms with Crippen LogP contribution in [0.4, 0.5) is 4.39 Å². The molecule has 5 heteroatoms. The Balaban J connectivity index is 1.80. The lowest BCUT2D eigenvalue weighted by Crippen LogP contribution is -2.39. The Labute approximate surface area is 111 Å². The van der Waals surface area contributed by atoms with Crippen molar-refractivity contribution in [3.8, 4) is 5.75 Å². The third-order valence-corrected chi connectivity index (χ3v) is 3.13. The van der Waals surface area contributed by atoms with Crippen LogP contribution in [0.25, 0.3) is 0 Å². The maximum absolute atomic E-state index is 13.3. The highest BCUT2D eigenvalue weighted by molar-refractivity contribution is 5.73. The molecule has 1 fully saturated rings. The van der Waals surface area contributed by atoms with Gasteiger partial charge in [0.25, 0.3) is 0 Å². The Morgan fingerprint density at radius 2 is 2.32 bits per heavy atom. The first-order valence-electron chi connectivity index (χ1n) is 6.44. The van der Waals surface area contributed by atoms with Crippen molar-refractivity contribution in [2.45, 2.75) is 38.3 Å². The smallest absolute Gasteiger partial charge is 0.320 e. The van der Waals surface area contributed by atoms with Crippen molar-refractivity contribution < 1.29 is 19.0 Å². The second kappa shape index (κ2) is 6.02. The van der Waals surface area contributed by atoms with Crippen LogP contribution in [0.15, 0.2) is 18.2 Å². The molecule has 1 unspecified atom stereocenters. The minimum absolute atomic E-state index is 0.249. The van der Waals surface area contributed by atoms with Crippen LogP contribution >= 0.6 is 0 Å². The Hall–Kier alpha value is -1.62. The van der Waals surface area contributed by atoms with Gasteiger partial charge in [-0.05, 0) is 31.4 Å². The lowest BCUT2D eigenvalue weighted by atomic mass is 10.2. The van der Waals surface area contributed by atoms with E-state index in [1.165, 1.54) is 6.07 Å². The summed E-state index contributed by atoms with van der Waals surface area (Å²) in [7, 11) is 0. The molecule has 0 radical (unpaired) electrons. The van der Waals surface area contributed by atoms with Crippen molar-refractivity contribution in [2.24, 2.45) is 0 Å². The van der Waals surface area contributed by atoms with Gasteiger partial charge in [0.1, 0.15) is 17.6 Å².